The molecule has 56 valence electrons. The summed E-state index contributed by atoms with van der Waals surface area (Å²) in [6.07, 6.45) is 4.27. The van der Waals surface area contributed by atoms with Gasteiger partial charge in [-0.3, -0.25) is 4.79 Å². The molecule has 0 bridgehead atoms. The summed E-state index contributed by atoms with van der Waals surface area (Å²) < 4.78 is 0. The predicted molar refractivity (Wildman–Crippen MR) is 44.0 cm³/mol. The second-order valence-electron chi connectivity index (χ2n) is 1.95. The van der Waals surface area contributed by atoms with Crippen LogP contribution in [0.25, 0.3) is 0 Å². The van der Waals surface area contributed by atoms with E-state index in [1.165, 1.54) is 12.2 Å². The first kappa shape index (κ1) is 9.44. The molecule has 0 aliphatic heterocycles. The zero-order valence-corrected chi connectivity index (χ0v) is 6.82. The molecule has 0 aromatic rings. The molecule has 0 amide bonds. The van der Waals surface area contributed by atoms with Crippen molar-refractivity contribution in [3.63, 3.8) is 0 Å². The summed E-state index contributed by atoms with van der Waals surface area (Å²) in [4.78, 5) is 10.8. The highest BCUT2D eigenvalue weighted by Gasteiger charge is 1.94. The third kappa shape index (κ3) is 4.33. The van der Waals surface area contributed by atoms with Crippen molar-refractivity contribution in [3.05, 3.63) is 23.8 Å². The van der Waals surface area contributed by atoms with Gasteiger partial charge >= 0.3 is 0 Å². The van der Waals surface area contributed by atoms with E-state index in [0.717, 1.165) is 6.42 Å². The number of hydrogen-bond donors (Lipinski definition) is 0. The van der Waals surface area contributed by atoms with E-state index in [0.29, 0.717) is 11.5 Å². The van der Waals surface area contributed by atoms with Gasteiger partial charge in [0.05, 0.1) is 0 Å². The van der Waals surface area contributed by atoms with E-state index >= 15 is 0 Å². The number of carbonyl (C=O) groups is 1. The van der Waals surface area contributed by atoms with Crippen LogP contribution in [0.5, 0.6) is 0 Å². The van der Waals surface area contributed by atoms with Crippen LogP contribution in [0.4, 0.5) is 0 Å². The van der Waals surface area contributed by atoms with Crippen molar-refractivity contribution in [1.29, 1.82) is 0 Å². The Morgan fingerprint density at radius 3 is 2.70 bits per heavy atom. The van der Waals surface area contributed by atoms with Gasteiger partial charge in [0.2, 0.25) is 0 Å². The Balaban J connectivity index is 3.86. The molecule has 0 aromatic heterocycles. The highest BCUT2D eigenvalue weighted by Crippen LogP contribution is 2.03. The van der Waals surface area contributed by atoms with Crippen LogP contribution >= 0.6 is 11.6 Å². The predicted octanol–water partition coefficient (Wildman–Crippen LogP) is 2.66. The first-order chi connectivity index (χ1) is 4.70. The van der Waals surface area contributed by atoms with E-state index in [1.54, 1.807) is 0 Å². The molecule has 0 fully saturated rings. The van der Waals surface area contributed by atoms with Crippen LogP contribution in [-0.4, -0.2) is 5.78 Å². The molecular weight excluding hydrogens is 148 g/mol. The van der Waals surface area contributed by atoms with E-state index in [-0.39, 0.29) is 5.78 Å². The number of carbonyl (C=O) groups excluding carboxylic acids is 1. The topological polar surface area (TPSA) is 17.1 Å². The van der Waals surface area contributed by atoms with Crippen molar-refractivity contribution in [2.24, 2.45) is 0 Å². The molecule has 0 radical (unpaired) electrons. The second kappa shape index (κ2) is 5.24. The lowest BCUT2D eigenvalue weighted by atomic mass is 10.2. The zero-order chi connectivity index (χ0) is 7.98. The molecule has 0 heterocycles. The zero-order valence-electron chi connectivity index (χ0n) is 6.06. The monoisotopic (exact) mass is 158 g/mol. The third-order valence-corrected chi connectivity index (χ3v) is 1.25. The molecular formula is C8H11ClO. The van der Waals surface area contributed by atoms with Gasteiger partial charge in [0, 0.05) is 11.5 Å². The summed E-state index contributed by atoms with van der Waals surface area (Å²) in [5.74, 6) is 0.0624. The molecule has 0 aromatic carbocycles. The molecule has 2 heteroatoms. The SMILES string of the molecule is C=C/C(Cl)=C/C(=O)CCC. The van der Waals surface area contributed by atoms with Crippen molar-refractivity contribution in [1.82, 2.24) is 0 Å². The summed E-state index contributed by atoms with van der Waals surface area (Å²) in [7, 11) is 0. The van der Waals surface area contributed by atoms with Crippen LogP contribution in [0.1, 0.15) is 19.8 Å². The minimum Gasteiger partial charge on any atom is -0.295 e. The maximum Gasteiger partial charge on any atom is 0.157 e. The lowest BCUT2D eigenvalue weighted by Gasteiger charge is -1.88. The standard InChI is InChI=1S/C8H11ClO/c1-3-5-8(10)6-7(9)4-2/h4,6H,2-3,5H2,1H3/b7-6-. The normalized spacial score (nSPS) is 11.2. The average molecular weight is 159 g/mol. The molecule has 10 heavy (non-hydrogen) atoms. The number of hydrogen-bond acceptors (Lipinski definition) is 1. The Bertz CT molecular complexity index is 159. The molecule has 0 aliphatic rings. The van der Waals surface area contributed by atoms with E-state index in [2.05, 4.69) is 6.58 Å². The number of allylic oxidation sites excluding steroid dienone is 3. The molecule has 0 spiro atoms. The number of ketones is 1. The molecule has 0 aliphatic carbocycles. The Hall–Kier alpha value is -0.560. The van der Waals surface area contributed by atoms with E-state index in [1.807, 2.05) is 6.92 Å². The van der Waals surface area contributed by atoms with Gasteiger partial charge in [-0.1, -0.05) is 31.2 Å². The maximum absolute atomic E-state index is 10.8. The Labute approximate surface area is 66.4 Å². The Kier molecular flexibility index (Phi) is 4.95. The van der Waals surface area contributed by atoms with E-state index in [4.69, 9.17) is 11.6 Å². The van der Waals surface area contributed by atoms with Gasteiger partial charge in [-0.25, -0.2) is 0 Å². The van der Waals surface area contributed by atoms with Crippen molar-refractivity contribution >= 4 is 17.4 Å². The quantitative estimate of drug-likeness (QED) is 0.454. The lowest BCUT2D eigenvalue weighted by Crippen LogP contribution is -1.90. The molecule has 0 saturated carbocycles. The minimum absolute atomic E-state index is 0.0624. The fourth-order valence-corrected chi connectivity index (χ4v) is 0.653. The fraction of sp³-hybridized carbons (Fsp3) is 0.375. The summed E-state index contributed by atoms with van der Waals surface area (Å²) in [5, 5.41) is 0.415. The van der Waals surface area contributed by atoms with Gasteiger partial charge in [-0.05, 0) is 12.5 Å². The summed E-state index contributed by atoms with van der Waals surface area (Å²) in [6, 6.07) is 0. The third-order valence-electron chi connectivity index (χ3n) is 0.990. The largest absolute Gasteiger partial charge is 0.295 e. The van der Waals surface area contributed by atoms with Gasteiger partial charge in [-0.2, -0.15) is 0 Å². The molecule has 0 atom stereocenters. The van der Waals surface area contributed by atoms with Crippen LogP contribution in [0, 0.1) is 0 Å². The molecule has 0 unspecified atom stereocenters. The first-order valence-electron chi connectivity index (χ1n) is 3.23. The van der Waals surface area contributed by atoms with Gasteiger partial charge in [0.25, 0.3) is 0 Å². The number of halogens is 1. The summed E-state index contributed by atoms with van der Waals surface area (Å²) in [6.45, 7) is 5.37. The molecule has 0 N–H and O–H groups in total. The van der Waals surface area contributed by atoms with Crippen LogP contribution in [0.2, 0.25) is 0 Å². The fourth-order valence-electron chi connectivity index (χ4n) is 0.531. The number of rotatable bonds is 4. The van der Waals surface area contributed by atoms with Gasteiger partial charge < -0.3 is 0 Å². The highest BCUT2D eigenvalue weighted by atomic mass is 35.5. The lowest BCUT2D eigenvalue weighted by molar-refractivity contribution is -0.114. The Morgan fingerprint density at radius 2 is 2.30 bits per heavy atom. The highest BCUT2D eigenvalue weighted by molar-refractivity contribution is 6.32. The summed E-state index contributed by atoms with van der Waals surface area (Å²) in [5.41, 5.74) is 0. The van der Waals surface area contributed by atoms with Crippen molar-refractivity contribution in [2.75, 3.05) is 0 Å². The summed E-state index contributed by atoms with van der Waals surface area (Å²) >= 11 is 5.52. The first-order valence-corrected chi connectivity index (χ1v) is 3.61. The van der Waals surface area contributed by atoms with E-state index < -0.39 is 0 Å². The minimum atomic E-state index is 0.0624. The smallest absolute Gasteiger partial charge is 0.157 e. The van der Waals surface area contributed by atoms with Crippen LogP contribution < -0.4 is 0 Å². The van der Waals surface area contributed by atoms with Gasteiger partial charge in [0.1, 0.15) is 0 Å². The van der Waals surface area contributed by atoms with Crippen LogP contribution in [0.3, 0.4) is 0 Å². The molecule has 1 nitrogen and oxygen atoms in total. The second-order valence-corrected chi connectivity index (χ2v) is 2.39. The van der Waals surface area contributed by atoms with Crippen LogP contribution in [0.15, 0.2) is 23.8 Å². The van der Waals surface area contributed by atoms with Gasteiger partial charge in [-0.15, -0.1) is 0 Å². The molecule has 0 rings (SSSR count). The van der Waals surface area contributed by atoms with Crippen molar-refractivity contribution in [2.45, 2.75) is 19.8 Å². The van der Waals surface area contributed by atoms with Gasteiger partial charge in [0.15, 0.2) is 5.78 Å². The van der Waals surface area contributed by atoms with Crippen molar-refractivity contribution < 1.29 is 4.79 Å². The molecule has 0 saturated heterocycles. The Morgan fingerprint density at radius 1 is 1.70 bits per heavy atom. The maximum atomic E-state index is 10.8. The average Bonchev–Trinajstić information content (AvgIpc) is 1.88. The van der Waals surface area contributed by atoms with Crippen molar-refractivity contribution in [3.8, 4) is 0 Å². The van der Waals surface area contributed by atoms with E-state index in [9.17, 15) is 4.79 Å². The van der Waals surface area contributed by atoms with Crippen LogP contribution in [-0.2, 0) is 4.79 Å².